The normalized spacial score (nSPS) is 10.8. The van der Waals surface area contributed by atoms with Gasteiger partial charge in [0.05, 0.1) is 19.3 Å². The molecule has 0 radical (unpaired) electrons. The number of carbonyl (C=O) groups is 1. The standard InChI is InChI=1S/C14H14BrNO3/c1-4-19-14(17)9(2)5-10-6-12(15)7-11(8-16)13(10)18-3/h5-7H,4H2,1-3H3/b9-5+. The zero-order valence-electron chi connectivity index (χ0n) is 11.0. The van der Waals surface area contributed by atoms with Crippen LogP contribution in [-0.2, 0) is 9.53 Å². The molecule has 5 heteroatoms. The first kappa shape index (κ1) is 15.3. The van der Waals surface area contributed by atoms with E-state index in [0.717, 1.165) is 4.47 Å². The maximum absolute atomic E-state index is 11.6. The summed E-state index contributed by atoms with van der Waals surface area (Å²) < 4.78 is 10.9. The molecule has 1 aromatic rings. The Kier molecular flexibility index (Phi) is 5.58. The summed E-state index contributed by atoms with van der Waals surface area (Å²) in [5.74, 6) is 0.0531. The lowest BCUT2D eigenvalue weighted by Crippen LogP contribution is -2.05. The Hall–Kier alpha value is -1.80. The van der Waals surface area contributed by atoms with Crippen molar-refractivity contribution in [2.24, 2.45) is 0 Å². The van der Waals surface area contributed by atoms with E-state index in [-0.39, 0.29) is 5.97 Å². The van der Waals surface area contributed by atoms with Crippen LogP contribution in [0.25, 0.3) is 6.08 Å². The molecular weight excluding hydrogens is 310 g/mol. The smallest absolute Gasteiger partial charge is 0.333 e. The number of carbonyl (C=O) groups excluding carboxylic acids is 1. The van der Waals surface area contributed by atoms with Crippen molar-refractivity contribution >= 4 is 28.0 Å². The van der Waals surface area contributed by atoms with Crippen LogP contribution in [0.15, 0.2) is 22.2 Å². The Morgan fingerprint density at radius 1 is 1.53 bits per heavy atom. The molecule has 0 N–H and O–H groups in total. The van der Waals surface area contributed by atoms with Crippen LogP contribution in [0.1, 0.15) is 25.0 Å². The highest BCUT2D eigenvalue weighted by Crippen LogP contribution is 2.29. The fraction of sp³-hybridized carbons (Fsp3) is 0.286. The van der Waals surface area contributed by atoms with Crippen LogP contribution in [0.2, 0.25) is 0 Å². The van der Waals surface area contributed by atoms with E-state index in [2.05, 4.69) is 22.0 Å². The van der Waals surface area contributed by atoms with Crippen LogP contribution in [0, 0.1) is 11.3 Å². The van der Waals surface area contributed by atoms with Gasteiger partial charge in [0.25, 0.3) is 0 Å². The molecule has 0 unspecified atom stereocenters. The van der Waals surface area contributed by atoms with Crippen molar-refractivity contribution in [2.45, 2.75) is 13.8 Å². The molecule has 0 saturated carbocycles. The number of nitriles is 1. The third-order valence-corrected chi connectivity index (χ3v) is 2.83. The third kappa shape index (κ3) is 3.83. The van der Waals surface area contributed by atoms with Gasteiger partial charge in [-0.15, -0.1) is 0 Å². The Balaban J connectivity index is 3.27. The lowest BCUT2D eigenvalue weighted by Gasteiger charge is -2.09. The van der Waals surface area contributed by atoms with Gasteiger partial charge in [-0.25, -0.2) is 4.79 Å². The van der Waals surface area contributed by atoms with Crippen LogP contribution >= 0.6 is 15.9 Å². The van der Waals surface area contributed by atoms with Crippen LogP contribution in [0.4, 0.5) is 0 Å². The van der Waals surface area contributed by atoms with Gasteiger partial charge in [-0.05, 0) is 32.1 Å². The van der Waals surface area contributed by atoms with Gasteiger partial charge in [-0.3, -0.25) is 0 Å². The van der Waals surface area contributed by atoms with Crippen LogP contribution < -0.4 is 4.74 Å². The number of halogens is 1. The predicted molar refractivity (Wildman–Crippen MR) is 75.7 cm³/mol. The maximum atomic E-state index is 11.6. The van der Waals surface area contributed by atoms with E-state index < -0.39 is 0 Å². The molecule has 100 valence electrons. The second-order valence-electron chi connectivity index (χ2n) is 3.74. The summed E-state index contributed by atoms with van der Waals surface area (Å²) >= 11 is 3.32. The van der Waals surface area contributed by atoms with Crippen molar-refractivity contribution in [1.29, 1.82) is 5.26 Å². The van der Waals surface area contributed by atoms with Gasteiger partial charge >= 0.3 is 5.97 Å². The van der Waals surface area contributed by atoms with E-state index in [1.807, 2.05) is 0 Å². The molecule has 0 aromatic heterocycles. The molecule has 0 saturated heterocycles. The lowest BCUT2D eigenvalue weighted by atomic mass is 10.1. The minimum absolute atomic E-state index is 0.322. The number of hydrogen-bond acceptors (Lipinski definition) is 4. The molecule has 1 aromatic carbocycles. The Labute approximate surface area is 120 Å². The number of benzene rings is 1. The van der Waals surface area contributed by atoms with Gasteiger partial charge in [-0.1, -0.05) is 15.9 Å². The van der Waals surface area contributed by atoms with E-state index in [4.69, 9.17) is 14.7 Å². The fourth-order valence-corrected chi connectivity index (χ4v) is 2.05. The minimum Gasteiger partial charge on any atom is -0.495 e. The predicted octanol–water partition coefficient (Wildman–Crippen LogP) is 3.30. The number of hydrogen-bond donors (Lipinski definition) is 0. The molecule has 0 amide bonds. The van der Waals surface area contributed by atoms with E-state index in [1.54, 1.807) is 32.1 Å². The lowest BCUT2D eigenvalue weighted by molar-refractivity contribution is -0.138. The first-order valence-electron chi connectivity index (χ1n) is 5.66. The summed E-state index contributed by atoms with van der Waals surface area (Å²) in [6.45, 7) is 3.73. The highest BCUT2D eigenvalue weighted by atomic mass is 79.9. The van der Waals surface area contributed by atoms with Crippen LogP contribution in [0.5, 0.6) is 5.75 Å². The topological polar surface area (TPSA) is 59.3 Å². The first-order chi connectivity index (χ1) is 9.03. The summed E-state index contributed by atoms with van der Waals surface area (Å²) in [5.41, 5.74) is 1.50. The summed E-state index contributed by atoms with van der Waals surface area (Å²) in [6.07, 6.45) is 1.64. The van der Waals surface area contributed by atoms with Gasteiger partial charge in [0, 0.05) is 15.6 Å². The van der Waals surface area contributed by atoms with Crippen molar-refractivity contribution in [1.82, 2.24) is 0 Å². The molecule has 0 aliphatic carbocycles. The van der Waals surface area contributed by atoms with Gasteiger partial charge in [-0.2, -0.15) is 5.26 Å². The van der Waals surface area contributed by atoms with Gasteiger partial charge in [0.1, 0.15) is 11.8 Å². The fourth-order valence-electron chi connectivity index (χ4n) is 1.57. The van der Waals surface area contributed by atoms with Gasteiger partial charge < -0.3 is 9.47 Å². The molecule has 0 aliphatic heterocycles. The summed E-state index contributed by atoms with van der Waals surface area (Å²) in [5, 5.41) is 9.06. The zero-order chi connectivity index (χ0) is 14.4. The highest BCUT2D eigenvalue weighted by molar-refractivity contribution is 9.10. The Bertz CT molecular complexity index is 559. The Morgan fingerprint density at radius 2 is 2.21 bits per heavy atom. The van der Waals surface area contributed by atoms with Crippen molar-refractivity contribution in [3.05, 3.63) is 33.3 Å². The van der Waals surface area contributed by atoms with Crippen LogP contribution in [-0.4, -0.2) is 19.7 Å². The summed E-state index contributed by atoms with van der Waals surface area (Å²) in [7, 11) is 1.49. The molecular formula is C14H14BrNO3. The minimum atomic E-state index is -0.386. The molecule has 1 rings (SSSR count). The molecule has 19 heavy (non-hydrogen) atoms. The van der Waals surface area contributed by atoms with E-state index in [1.165, 1.54) is 7.11 Å². The quantitative estimate of drug-likeness (QED) is 0.630. The summed E-state index contributed by atoms with van der Waals surface area (Å²) in [6, 6.07) is 5.50. The van der Waals surface area contributed by atoms with Crippen molar-refractivity contribution in [2.75, 3.05) is 13.7 Å². The van der Waals surface area contributed by atoms with Gasteiger partial charge in [0.2, 0.25) is 0 Å². The third-order valence-electron chi connectivity index (χ3n) is 2.38. The number of methoxy groups -OCH3 is 1. The monoisotopic (exact) mass is 323 g/mol. The molecule has 0 atom stereocenters. The van der Waals surface area contributed by atoms with Crippen molar-refractivity contribution < 1.29 is 14.3 Å². The second-order valence-corrected chi connectivity index (χ2v) is 4.65. The number of esters is 1. The van der Waals surface area contributed by atoms with E-state index in [9.17, 15) is 4.79 Å². The van der Waals surface area contributed by atoms with E-state index in [0.29, 0.717) is 29.1 Å². The average molecular weight is 324 g/mol. The SMILES string of the molecule is CCOC(=O)/C(C)=C/c1cc(Br)cc(C#N)c1OC. The average Bonchev–Trinajstić information content (AvgIpc) is 2.38. The maximum Gasteiger partial charge on any atom is 0.333 e. The number of nitrogens with zero attached hydrogens (tertiary/aromatic N) is 1. The first-order valence-corrected chi connectivity index (χ1v) is 6.45. The molecule has 4 nitrogen and oxygen atoms in total. The number of ether oxygens (including phenoxy) is 2. The van der Waals surface area contributed by atoms with Crippen molar-refractivity contribution in [3.8, 4) is 11.8 Å². The van der Waals surface area contributed by atoms with E-state index >= 15 is 0 Å². The molecule has 0 spiro atoms. The molecule has 0 heterocycles. The Morgan fingerprint density at radius 3 is 2.74 bits per heavy atom. The summed E-state index contributed by atoms with van der Waals surface area (Å²) in [4.78, 5) is 11.6. The largest absolute Gasteiger partial charge is 0.495 e. The number of rotatable bonds is 4. The van der Waals surface area contributed by atoms with Crippen LogP contribution in [0.3, 0.4) is 0 Å². The highest BCUT2D eigenvalue weighted by Gasteiger charge is 2.12. The van der Waals surface area contributed by atoms with Gasteiger partial charge in [0.15, 0.2) is 0 Å². The molecule has 0 bridgehead atoms. The van der Waals surface area contributed by atoms with Crippen molar-refractivity contribution in [3.63, 3.8) is 0 Å². The molecule has 0 fully saturated rings. The zero-order valence-corrected chi connectivity index (χ0v) is 12.6. The molecule has 0 aliphatic rings. The second kappa shape index (κ2) is 6.95.